The van der Waals surface area contributed by atoms with Gasteiger partial charge in [0.2, 0.25) is 0 Å². The third kappa shape index (κ3) is 4.20. The number of ether oxygens (including phenoxy) is 1. The molecule has 1 aliphatic rings. The van der Waals surface area contributed by atoms with Crippen LogP contribution in [0, 0.1) is 11.8 Å². The van der Waals surface area contributed by atoms with Crippen molar-refractivity contribution in [3.8, 4) is 5.75 Å². The van der Waals surface area contributed by atoms with Crippen molar-refractivity contribution in [2.75, 3.05) is 18.5 Å². The van der Waals surface area contributed by atoms with E-state index in [4.69, 9.17) is 4.74 Å². The average molecular weight is 339 g/mol. The van der Waals surface area contributed by atoms with Crippen LogP contribution in [-0.2, 0) is 11.2 Å². The first kappa shape index (κ1) is 17.5. The molecule has 4 heteroatoms. The van der Waals surface area contributed by atoms with Gasteiger partial charge in [0.15, 0.2) is 5.78 Å². The highest BCUT2D eigenvalue weighted by atomic mass is 16.5. The summed E-state index contributed by atoms with van der Waals surface area (Å²) in [6.07, 6.45) is 0.236. The third-order valence-electron chi connectivity index (χ3n) is 4.68. The summed E-state index contributed by atoms with van der Waals surface area (Å²) in [5.41, 5.74) is 2.85. The first-order valence-corrected chi connectivity index (χ1v) is 8.80. The summed E-state index contributed by atoms with van der Waals surface area (Å²) in [6, 6.07) is 15.8. The normalized spacial score (nSPS) is 19.2. The first-order chi connectivity index (χ1) is 12.0. The highest BCUT2D eigenvalue weighted by Crippen LogP contribution is 2.38. The molecule has 1 aliphatic heterocycles. The molecule has 2 aromatic carbocycles. The summed E-state index contributed by atoms with van der Waals surface area (Å²) in [4.78, 5) is 11.7. The van der Waals surface area contributed by atoms with Gasteiger partial charge in [0.25, 0.3) is 0 Å². The Kier molecular flexibility index (Phi) is 5.39. The fourth-order valence-electron chi connectivity index (χ4n) is 3.04. The minimum atomic E-state index is -0.546. The van der Waals surface area contributed by atoms with E-state index in [0.29, 0.717) is 18.9 Å². The molecule has 0 saturated heterocycles. The van der Waals surface area contributed by atoms with Crippen LogP contribution >= 0.6 is 0 Å². The highest BCUT2D eigenvalue weighted by molar-refractivity contribution is 5.84. The summed E-state index contributed by atoms with van der Waals surface area (Å²) in [7, 11) is 0. The van der Waals surface area contributed by atoms with Crippen LogP contribution in [0.25, 0.3) is 0 Å². The summed E-state index contributed by atoms with van der Waals surface area (Å²) < 4.78 is 5.89. The number of hydrogen-bond acceptors (Lipinski definition) is 4. The number of rotatable bonds is 6. The van der Waals surface area contributed by atoms with Gasteiger partial charge in [-0.2, -0.15) is 0 Å². The number of ketones is 1. The molecule has 0 aromatic heterocycles. The number of hydrogen-bond donors (Lipinski definition) is 2. The van der Waals surface area contributed by atoms with E-state index in [2.05, 4.69) is 17.4 Å². The maximum absolute atomic E-state index is 11.7. The van der Waals surface area contributed by atoms with E-state index >= 15 is 0 Å². The molecule has 0 saturated carbocycles. The van der Waals surface area contributed by atoms with E-state index in [1.54, 1.807) is 0 Å². The van der Waals surface area contributed by atoms with Crippen LogP contribution in [0.5, 0.6) is 5.75 Å². The molecule has 0 unspecified atom stereocenters. The van der Waals surface area contributed by atoms with Crippen LogP contribution in [0.3, 0.4) is 0 Å². The molecule has 4 nitrogen and oxygen atoms in total. The van der Waals surface area contributed by atoms with Crippen molar-refractivity contribution in [2.24, 2.45) is 11.8 Å². The summed E-state index contributed by atoms with van der Waals surface area (Å²) in [5.74, 6) is 0.915. The number of carbonyl (C=O) groups is 1. The Balaban J connectivity index is 1.67. The van der Waals surface area contributed by atoms with Crippen LogP contribution in [0.1, 0.15) is 31.1 Å². The average Bonchev–Trinajstić information content (AvgIpc) is 2.62. The minimum absolute atomic E-state index is 0.0157. The van der Waals surface area contributed by atoms with Crippen molar-refractivity contribution in [1.82, 2.24) is 0 Å². The maximum Gasteiger partial charge on any atom is 0.154 e. The monoisotopic (exact) mass is 339 g/mol. The van der Waals surface area contributed by atoms with Gasteiger partial charge in [0.05, 0.1) is 19.3 Å². The Morgan fingerprint density at radius 1 is 1.24 bits per heavy atom. The number of fused-ring (bicyclic) bond motifs is 1. The molecule has 132 valence electrons. The second-order valence-corrected chi connectivity index (χ2v) is 6.93. The van der Waals surface area contributed by atoms with Crippen molar-refractivity contribution in [3.05, 3.63) is 59.7 Å². The molecule has 0 amide bonds. The Morgan fingerprint density at radius 2 is 2.00 bits per heavy atom. The zero-order valence-electron chi connectivity index (χ0n) is 14.7. The van der Waals surface area contributed by atoms with Crippen LogP contribution in [0.2, 0.25) is 0 Å². The number of aliphatic hydroxyl groups is 1. The smallest absolute Gasteiger partial charge is 0.154 e. The van der Waals surface area contributed by atoms with E-state index in [1.165, 1.54) is 5.56 Å². The van der Waals surface area contributed by atoms with Crippen molar-refractivity contribution in [1.29, 1.82) is 0 Å². The van der Waals surface area contributed by atoms with Crippen molar-refractivity contribution in [3.63, 3.8) is 0 Å². The Morgan fingerprint density at radius 3 is 2.72 bits per heavy atom. The minimum Gasteiger partial charge on any atom is -0.493 e. The van der Waals surface area contributed by atoms with E-state index in [9.17, 15) is 9.90 Å². The second-order valence-electron chi connectivity index (χ2n) is 6.93. The first-order valence-electron chi connectivity index (χ1n) is 8.80. The number of nitrogens with one attached hydrogen (secondary N) is 1. The lowest BCUT2D eigenvalue weighted by Crippen LogP contribution is -2.27. The fraction of sp³-hybridized carbons (Fsp3) is 0.381. The molecule has 0 radical (unpaired) electrons. The molecule has 0 bridgehead atoms. The van der Waals surface area contributed by atoms with Crippen molar-refractivity contribution < 1.29 is 14.6 Å². The zero-order valence-corrected chi connectivity index (χ0v) is 14.7. The van der Waals surface area contributed by atoms with Crippen molar-refractivity contribution >= 4 is 11.5 Å². The molecular formula is C21H25NO3. The molecule has 2 aromatic rings. The molecular weight excluding hydrogens is 314 g/mol. The SMILES string of the molecule is CC(C)C(=O)CNc1ccc2c(c1)OC[C@@H](Cc1ccccc1)[C@@H]2O. The molecule has 0 spiro atoms. The lowest BCUT2D eigenvalue weighted by Gasteiger charge is -2.30. The molecule has 0 fully saturated rings. The van der Waals surface area contributed by atoms with Gasteiger partial charge in [0.1, 0.15) is 5.75 Å². The predicted molar refractivity (Wildman–Crippen MR) is 98.9 cm³/mol. The summed E-state index contributed by atoms with van der Waals surface area (Å²) in [5, 5.41) is 13.8. The van der Waals surface area contributed by atoms with Gasteiger partial charge in [0, 0.05) is 29.2 Å². The number of anilines is 1. The fourth-order valence-corrected chi connectivity index (χ4v) is 3.04. The Bertz CT molecular complexity index is 727. The zero-order chi connectivity index (χ0) is 17.8. The number of carbonyl (C=O) groups excluding carboxylic acids is 1. The molecule has 0 aliphatic carbocycles. The molecule has 2 atom stereocenters. The number of aliphatic hydroxyl groups excluding tert-OH is 1. The lowest BCUT2D eigenvalue weighted by atomic mass is 9.88. The van der Waals surface area contributed by atoms with E-state index < -0.39 is 6.10 Å². The van der Waals surface area contributed by atoms with Gasteiger partial charge >= 0.3 is 0 Å². The van der Waals surface area contributed by atoms with Gasteiger partial charge in [-0.3, -0.25) is 4.79 Å². The number of benzene rings is 2. The standard InChI is InChI=1S/C21H25NO3/c1-14(2)19(23)12-22-17-8-9-18-20(11-17)25-13-16(21(18)24)10-15-6-4-3-5-7-15/h3-9,11,14,16,21-22,24H,10,12-13H2,1-2H3/t16-,21+/m1/s1. The van der Waals surface area contributed by atoms with Crippen LogP contribution < -0.4 is 10.1 Å². The Hall–Kier alpha value is -2.33. The van der Waals surface area contributed by atoms with Gasteiger partial charge < -0.3 is 15.2 Å². The third-order valence-corrected chi connectivity index (χ3v) is 4.68. The van der Waals surface area contributed by atoms with E-state index in [-0.39, 0.29) is 17.6 Å². The van der Waals surface area contributed by atoms with Gasteiger partial charge in [-0.05, 0) is 18.1 Å². The van der Waals surface area contributed by atoms with Crippen LogP contribution in [-0.4, -0.2) is 24.0 Å². The number of Topliss-reactive ketones (excluding diaryl/α,β-unsaturated/α-hetero) is 1. The second kappa shape index (κ2) is 7.70. The van der Waals surface area contributed by atoms with E-state index in [0.717, 1.165) is 17.7 Å². The quantitative estimate of drug-likeness (QED) is 0.844. The largest absolute Gasteiger partial charge is 0.493 e. The molecule has 25 heavy (non-hydrogen) atoms. The molecule has 3 rings (SSSR count). The van der Waals surface area contributed by atoms with Gasteiger partial charge in [-0.15, -0.1) is 0 Å². The summed E-state index contributed by atoms with van der Waals surface area (Å²) in [6.45, 7) is 4.57. The topological polar surface area (TPSA) is 58.6 Å². The van der Waals surface area contributed by atoms with Crippen LogP contribution in [0.4, 0.5) is 5.69 Å². The molecule has 2 N–H and O–H groups in total. The van der Waals surface area contributed by atoms with Gasteiger partial charge in [-0.25, -0.2) is 0 Å². The highest BCUT2D eigenvalue weighted by Gasteiger charge is 2.29. The lowest BCUT2D eigenvalue weighted by molar-refractivity contribution is -0.120. The molecule has 1 heterocycles. The van der Waals surface area contributed by atoms with Gasteiger partial charge in [-0.1, -0.05) is 50.2 Å². The van der Waals surface area contributed by atoms with E-state index in [1.807, 2.05) is 50.2 Å². The van der Waals surface area contributed by atoms with Crippen LogP contribution in [0.15, 0.2) is 48.5 Å². The maximum atomic E-state index is 11.7. The van der Waals surface area contributed by atoms with Crippen molar-refractivity contribution in [2.45, 2.75) is 26.4 Å². The predicted octanol–water partition coefficient (Wildman–Crippen LogP) is 3.61. The Labute approximate surface area is 148 Å². The summed E-state index contributed by atoms with van der Waals surface area (Å²) >= 11 is 0.